The zero-order chi connectivity index (χ0) is 14.4. The quantitative estimate of drug-likeness (QED) is 0.852. The number of benzene rings is 1. The predicted octanol–water partition coefficient (Wildman–Crippen LogP) is 1.92. The van der Waals surface area contributed by atoms with E-state index < -0.39 is 5.97 Å². The van der Waals surface area contributed by atoms with Crippen LogP contribution in [-0.4, -0.2) is 54.1 Å². The number of rotatable bonds is 4. The highest BCUT2D eigenvalue weighted by molar-refractivity contribution is 5.85. The maximum absolute atomic E-state index is 10.5. The first-order valence-corrected chi connectivity index (χ1v) is 7.04. The van der Waals surface area contributed by atoms with Gasteiger partial charge in [-0.2, -0.15) is 0 Å². The first kappa shape index (κ1) is 14.8. The van der Waals surface area contributed by atoms with Crippen LogP contribution in [0.1, 0.15) is 17.5 Å². The molecule has 0 unspecified atom stereocenters. The minimum absolute atomic E-state index is 0.914. The zero-order valence-corrected chi connectivity index (χ0v) is 12.0. The van der Waals surface area contributed by atoms with Crippen molar-refractivity contribution in [3.63, 3.8) is 0 Å². The molecule has 2 rings (SSSR count). The van der Waals surface area contributed by atoms with Gasteiger partial charge in [-0.3, -0.25) is 4.90 Å². The van der Waals surface area contributed by atoms with Crippen molar-refractivity contribution in [2.24, 2.45) is 0 Å². The lowest BCUT2D eigenvalue weighted by Crippen LogP contribution is -2.28. The van der Waals surface area contributed by atoms with Gasteiger partial charge in [0.25, 0.3) is 0 Å². The molecule has 1 saturated heterocycles. The molecule has 0 saturated carbocycles. The van der Waals surface area contributed by atoms with Crippen LogP contribution in [0.5, 0.6) is 0 Å². The molecule has 0 bridgehead atoms. The lowest BCUT2D eigenvalue weighted by molar-refractivity contribution is -0.131. The minimum Gasteiger partial charge on any atom is -0.478 e. The SMILES string of the molecule is CN1CCCN(Cc2ccc(C=CC(=O)O)cc2)CC1. The Morgan fingerprint density at radius 2 is 1.95 bits per heavy atom. The van der Waals surface area contributed by atoms with Crippen LogP contribution in [0, 0.1) is 0 Å². The lowest BCUT2D eigenvalue weighted by atomic mass is 10.1. The second-order valence-electron chi connectivity index (χ2n) is 5.35. The van der Waals surface area contributed by atoms with Crippen molar-refractivity contribution in [3.8, 4) is 0 Å². The van der Waals surface area contributed by atoms with Crippen molar-refractivity contribution in [1.82, 2.24) is 9.80 Å². The monoisotopic (exact) mass is 274 g/mol. The minimum atomic E-state index is -0.914. The Bertz CT molecular complexity index is 468. The first-order chi connectivity index (χ1) is 9.63. The molecule has 1 aromatic carbocycles. The molecule has 0 amide bonds. The fourth-order valence-corrected chi connectivity index (χ4v) is 2.42. The van der Waals surface area contributed by atoms with Crippen molar-refractivity contribution in [1.29, 1.82) is 0 Å². The van der Waals surface area contributed by atoms with Crippen LogP contribution < -0.4 is 0 Å². The van der Waals surface area contributed by atoms with Gasteiger partial charge in [0.1, 0.15) is 0 Å². The molecule has 0 aromatic heterocycles. The summed E-state index contributed by atoms with van der Waals surface area (Å²) in [6, 6.07) is 8.10. The van der Waals surface area contributed by atoms with Gasteiger partial charge in [0.15, 0.2) is 0 Å². The first-order valence-electron chi connectivity index (χ1n) is 7.04. The van der Waals surface area contributed by atoms with Crippen LogP contribution in [0.4, 0.5) is 0 Å². The second kappa shape index (κ2) is 7.22. The van der Waals surface area contributed by atoms with E-state index in [1.807, 2.05) is 12.1 Å². The third-order valence-corrected chi connectivity index (χ3v) is 3.62. The average molecular weight is 274 g/mol. The Morgan fingerprint density at radius 3 is 2.65 bits per heavy atom. The molecule has 1 aromatic rings. The fraction of sp³-hybridized carbons (Fsp3) is 0.438. The number of hydrogen-bond acceptors (Lipinski definition) is 3. The van der Waals surface area contributed by atoms with Crippen LogP contribution in [0.15, 0.2) is 30.3 Å². The van der Waals surface area contributed by atoms with Gasteiger partial charge in [-0.25, -0.2) is 4.79 Å². The number of likely N-dealkylation sites (N-methyl/N-ethyl adjacent to an activating group) is 1. The molecule has 1 fully saturated rings. The maximum Gasteiger partial charge on any atom is 0.328 e. The summed E-state index contributed by atoms with van der Waals surface area (Å²) in [6.07, 6.45) is 4.00. The summed E-state index contributed by atoms with van der Waals surface area (Å²) in [5, 5.41) is 8.60. The van der Waals surface area contributed by atoms with E-state index in [1.54, 1.807) is 6.08 Å². The highest BCUT2D eigenvalue weighted by Gasteiger charge is 2.11. The molecule has 4 heteroatoms. The molecule has 0 aliphatic carbocycles. The number of carbonyl (C=O) groups is 1. The molecule has 1 aliphatic rings. The van der Waals surface area contributed by atoms with E-state index in [-0.39, 0.29) is 0 Å². The highest BCUT2D eigenvalue weighted by atomic mass is 16.4. The van der Waals surface area contributed by atoms with Gasteiger partial charge in [0.05, 0.1) is 0 Å². The summed E-state index contributed by atoms with van der Waals surface area (Å²) in [4.78, 5) is 15.3. The summed E-state index contributed by atoms with van der Waals surface area (Å²) >= 11 is 0. The van der Waals surface area contributed by atoms with E-state index >= 15 is 0 Å². The average Bonchev–Trinajstić information content (AvgIpc) is 2.63. The van der Waals surface area contributed by atoms with Crippen LogP contribution in [0.2, 0.25) is 0 Å². The molecule has 1 N–H and O–H groups in total. The van der Waals surface area contributed by atoms with Gasteiger partial charge in [-0.05, 0) is 43.8 Å². The summed E-state index contributed by atoms with van der Waals surface area (Å²) in [5.41, 5.74) is 2.20. The molecule has 1 heterocycles. The number of carboxylic acids is 1. The van der Waals surface area contributed by atoms with E-state index in [1.165, 1.54) is 24.6 Å². The van der Waals surface area contributed by atoms with Crippen LogP contribution in [0.25, 0.3) is 6.08 Å². The molecule has 1 aliphatic heterocycles. The van der Waals surface area contributed by atoms with Crippen LogP contribution >= 0.6 is 0 Å². The maximum atomic E-state index is 10.5. The van der Waals surface area contributed by atoms with E-state index in [2.05, 4.69) is 29.0 Å². The summed E-state index contributed by atoms with van der Waals surface area (Å²) in [7, 11) is 2.17. The summed E-state index contributed by atoms with van der Waals surface area (Å²) < 4.78 is 0. The normalized spacial score (nSPS) is 18.2. The van der Waals surface area contributed by atoms with Crippen molar-refractivity contribution in [2.75, 3.05) is 33.2 Å². The number of aliphatic carboxylic acids is 1. The summed E-state index contributed by atoms with van der Waals surface area (Å²) in [6.45, 7) is 5.52. The van der Waals surface area contributed by atoms with Crippen molar-refractivity contribution < 1.29 is 9.90 Å². The van der Waals surface area contributed by atoms with Gasteiger partial charge in [-0.1, -0.05) is 24.3 Å². The van der Waals surface area contributed by atoms with Gasteiger partial charge >= 0.3 is 5.97 Å². The number of carboxylic acid groups (broad SMARTS) is 1. The number of nitrogens with zero attached hydrogens (tertiary/aromatic N) is 2. The highest BCUT2D eigenvalue weighted by Crippen LogP contribution is 2.11. The van der Waals surface area contributed by atoms with Crippen molar-refractivity contribution in [2.45, 2.75) is 13.0 Å². The summed E-state index contributed by atoms with van der Waals surface area (Å²) in [5.74, 6) is -0.914. The molecule has 4 nitrogen and oxygen atoms in total. The molecular formula is C16H22N2O2. The van der Waals surface area contributed by atoms with E-state index in [0.29, 0.717) is 0 Å². The molecular weight excluding hydrogens is 252 g/mol. The smallest absolute Gasteiger partial charge is 0.328 e. The number of hydrogen-bond donors (Lipinski definition) is 1. The van der Waals surface area contributed by atoms with Crippen molar-refractivity contribution >= 4 is 12.0 Å². The largest absolute Gasteiger partial charge is 0.478 e. The van der Waals surface area contributed by atoms with E-state index in [9.17, 15) is 4.79 Å². The van der Waals surface area contributed by atoms with E-state index in [0.717, 1.165) is 31.7 Å². The van der Waals surface area contributed by atoms with Crippen LogP contribution in [0.3, 0.4) is 0 Å². The Balaban J connectivity index is 1.91. The standard InChI is InChI=1S/C16H22N2O2/c1-17-9-2-10-18(12-11-17)13-15-5-3-14(4-6-15)7-8-16(19)20/h3-8H,2,9-13H2,1H3,(H,19,20). The predicted molar refractivity (Wildman–Crippen MR) is 80.5 cm³/mol. The third kappa shape index (κ3) is 4.79. The Kier molecular flexibility index (Phi) is 5.32. The van der Waals surface area contributed by atoms with Crippen LogP contribution in [-0.2, 0) is 11.3 Å². The second-order valence-corrected chi connectivity index (χ2v) is 5.35. The Morgan fingerprint density at radius 1 is 1.20 bits per heavy atom. The van der Waals surface area contributed by atoms with Crippen molar-refractivity contribution in [3.05, 3.63) is 41.5 Å². The third-order valence-electron chi connectivity index (χ3n) is 3.62. The lowest BCUT2D eigenvalue weighted by Gasteiger charge is -2.20. The Labute approximate surface area is 120 Å². The Hall–Kier alpha value is -1.65. The van der Waals surface area contributed by atoms with Gasteiger partial charge in [-0.15, -0.1) is 0 Å². The molecule has 108 valence electrons. The van der Waals surface area contributed by atoms with Gasteiger partial charge < -0.3 is 10.0 Å². The van der Waals surface area contributed by atoms with Gasteiger partial charge in [0, 0.05) is 25.7 Å². The topological polar surface area (TPSA) is 43.8 Å². The molecule has 20 heavy (non-hydrogen) atoms. The molecule has 0 radical (unpaired) electrons. The van der Waals surface area contributed by atoms with Gasteiger partial charge in [0.2, 0.25) is 0 Å². The zero-order valence-electron chi connectivity index (χ0n) is 12.0. The molecule has 0 atom stereocenters. The fourth-order valence-electron chi connectivity index (χ4n) is 2.42. The van der Waals surface area contributed by atoms with E-state index in [4.69, 9.17) is 5.11 Å². The molecule has 0 spiro atoms.